The Hall–Kier alpha value is -1.85. The van der Waals surface area contributed by atoms with Gasteiger partial charge < -0.3 is 14.6 Å². The zero-order chi connectivity index (χ0) is 19.5. The predicted octanol–water partition coefficient (Wildman–Crippen LogP) is 3.91. The lowest BCUT2D eigenvalue weighted by Gasteiger charge is -2.35. The molecule has 5 heteroatoms. The Labute approximate surface area is 156 Å². The molecule has 1 heterocycles. The highest BCUT2D eigenvalue weighted by atomic mass is 16.6. The quantitative estimate of drug-likeness (QED) is 0.826. The van der Waals surface area contributed by atoms with Gasteiger partial charge in [0.05, 0.1) is 18.2 Å². The summed E-state index contributed by atoms with van der Waals surface area (Å²) in [5.74, 6) is 0. The first-order chi connectivity index (χ1) is 12.0. The number of amides is 1. The van der Waals surface area contributed by atoms with Gasteiger partial charge >= 0.3 is 6.09 Å². The highest BCUT2D eigenvalue weighted by Crippen LogP contribution is 2.36. The molecule has 1 amide bonds. The van der Waals surface area contributed by atoms with Gasteiger partial charge in [-0.15, -0.1) is 0 Å². The minimum Gasteiger partial charge on any atom is -0.444 e. The summed E-state index contributed by atoms with van der Waals surface area (Å²) in [4.78, 5) is 14.6. The van der Waals surface area contributed by atoms with E-state index in [9.17, 15) is 9.90 Å². The lowest BCUT2D eigenvalue weighted by Crippen LogP contribution is -2.50. The van der Waals surface area contributed by atoms with Gasteiger partial charge in [-0.3, -0.25) is 4.90 Å². The molecule has 1 aromatic rings. The van der Waals surface area contributed by atoms with Crippen molar-refractivity contribution in [2.75, 3.05) is 0 Å². The molecule has 1 N–H and O–H groups in total. The summed E-state index contributed by atoms with van der Waals surface area (Å²) in [6.07, 6.45) is 2.87. The van der Waals surface area contributed by atoms with E-state index in [1.54, 1.807) is 17.9 Å². The van der Waals surface area contributed by atoms with E-state index in [1.165, 1.54) is 0 Å². The van der Waals surface area contributed by atoms with Gasteiger partial charge in [0, 0.05) is 0 Å². The van der Waals surface area contributed by atoms with Crippen LogP contribution in [0.4, 0.5) is 4.79 Å². The SMILES string of the molecule is CC(O)/C=C\[C@H]1OC(C)(C)N(C(=O)OC(C)(C)C)[C@H]1Cc1ccccc1. The summed E-state index contributed by atoms with van der Waals surface area (Å²) in [5.41, 5.74) is -0.282. The Balaban J connectivity index is 2.34. The first kappa shape index (κ1) is 20.5. The van der Waals surface area contributed by atoms with Crippen LogP contribution in [0.3, 0.4) is 0 Å². The van der Waals surface area contributed by atoms with Crippen LogP contribution >= 0.6 is 0 Å². The molecule has 3 atom stereocenters. The molecule has 0 aromatic heterocycles. The second-order valence-electron chi connectivity index (χ2n) is 8.26. The lowest BCUT2D eigenvalue weighted by molar-refractivity contribution is -0.0716. The number of hydrogen-bond donors (Lipinski definition) is 1. The molecule has 1 fully saturated rings. The molecule has 0 aliphatic carbocycles. The number of benzene rings is 1. The fraction of sp³-hybridized carbons (Fsp3) is 0.571. The predicted molar refractivity (Wildman–Crippen MR) is 102 cm³/mol. The Morgan fingerprint density at radius 1 is 1.35 bits per heavy atom. The van der Waals surface area contributed by atoms with E-state index in [-0.39, 0.29) is 12.1 Å². The second-order valence-corrected chi connectivity index (χ2v) is 8.26. The third-order valence-corrected chi connectivity index (χ3v) is 4.17. The summed E-state index contributed by atoms with van der Waals surface area (Å²) in [6, 6.07) is 9.78. The molecule has 144 valence electrons. The van der Waals surface area contributed by atoms with Crippen molar-refractivity contribution in [3.63, 3.8) is 0 Å². The van der Waals surface area contributed by atoms with Gasteiger partial charge in [-0.1, -0.05) is 42.5 Å². The summed E-state index contributed by atoms with van der Waals surface area (Å²) < 4.78 is 11.8. The number of ether oxygens (including phenoxy) is 2. The maximum atomic E-state index is 12.9. The van der Waals surface area contributed by atoms with Crippen LogP contribution in [-0.4, -0.2) is 45.7 Å². The Morgan fingerprint density at radius 3 is 2.50 bits per heavy atom. The van der Waals surface area contributed by atoms with Gasteiger partial charge in [-0.25, -0.2) is 4.79 Å². The summed E-state index contributed by atoms with van der Waals surface area (Å²) in [7, 11) is 0. The molecular formula is C21H31NO4. The van der Waals surface area contributed by atoms with Crippen LogP contribution in [0.1, 0.15) is 47.1 Å². The lowest BCUT2D eigenvalue weighted by atomic mass is 9.99. The Kier molecular flexibility index (Phi) is 6.14. The maximum Gasteiger partial charge on any atom is 0.412 e. The molecule has 1 aliphatic heterocycles. The summed E-state index contributed by atoms with van der Waals surface area (Å²) in [5, 5.41) is 9.60. The molecule has 1 saturated heterocycles. The van der Waals surface area contributed by atoms with Gasteiger partial charge in [-0.05, 0) is 53.5 Å². The van der Waals surface area contributed by atoms with Crippen LogP contribution in [-0.2, 0) is 15.9 Å². The maximum absolute atomic E-state index is 12.9. The van der Waals surface area contributed by atoms with E-state index in [0.717, 1.165) is 5.56 Å². The zero-order valence-electron chi connectivity index (χ0n) is 16.6. The number of rotatable bonds is 4. The molecule has 2 rings (SSSR count). The van der Waals surface area contributed by atoms with Crippen molar-refractivity contribution in [1.29, 1.82) is 0 Å². The van der Waals surface area contributed by atoms with E-state index in [2.05, 4.69) is 0 Å². The van der Waals surface area contributed by atoms with Gasteiger partial charge in [-0.2, -0.15) is 0 Å². The van der Waals surface area contributed by atoms with E-state index < -0.39 is 23.5 Å². The number of carbonyl (C=O) groups is 1. The molecule has 1 aliphatic rings. The van der Waals surface area contributed by atoms with Gasteiger partial charge in [0.1, 0.15) is 11.3 Å². The first-order valence-electron chi connectivity index (χ1n) is 9.10. The standard InChI is InChI=1S/C21H31NO4/c1-15(23)12-13-18-17(14-16-10-8-7-9-11-16)22(21(5,6)25-18)19(24)26-20(2,3)4/h7-13,15,17-18,23H,14H2,1-6H3/b13-12-/t15?,17-,18+/m0/s1. The van der Waals surface area contributed by atoms with Crippen molar-refractivity contribution >= 4 is 6.09 Å². The minimum absolute atomic E-state index is 0.225. The van der Waals surface area contributed by atoms with Crippen LogP contribution in [0, 0.1) is 0 Å². The minimum atomic E-state index is -0.810. The average Bonchev–Trinajstić information content (AvgIpc) is 2.74. The van der Waals surface area contributed by atoms with Crippen LogP contribution in [0.15, 0.2) is 42.5 Å². The summed E-state index contributed by atoms with van der Waals surface area (Å²) >= 11 is 0. The monoisotopic (exact) mass is 361 g/mol. The third-order valence-electron chi connectivity index (χ3n) is 4.17. The Bertz CT molecular complexity index is 631. The van der Waals surface area contributed by atoms with Gasteiger partial charge in [0.2, 0.25) is 0 Å². The van der Waals surface area contributed by atoms with Crippen molar-refractivity contribution in [1.82, 2.24) is 4.90 Å². The first-order valence-corrected chi connectivity index (χ1v) is 9.10. The molecule has 1 aromatic carbocycles. The molecular weight excluding hydrogens is 330 g/mol. The van der Waals surface area contributed by atoms with Crippen LogP contribution in [0.25, 0.3) is 0 Å². The van der Waals surface area contributed by atoms with E-state index in [1.807, 2.05) is 71.0 Å². The van der Waals surface area contributed by atoms with Gasteiger partial charge in [0.25, 0.3) is 0 Å². The average molecular weight is 361 g/mol. The van der Waals surface area contributed by atoms with Crippen molar-refractivity contribution < 1.29 is 19.4 Å². The molecule has 5 nitrogen and oxygen atoms in total. The van der Waals surface area contributed by atoms with Crippen molar-refractivity contribution in [2.24, 2.45) is 0 Å². The molecule has 0 saturated carbocycles. The highest BCUT2D eigenvalue weighted by molar-refractivity contribution is 5.70. The largest absolute Gasteiger partial charge is 0.444 e. The fourth-order valence-electron chi connectivity index (χ4n) is 3.18. The fourth-order valence-corrected chi connectivity index (χ4v) is 3.18. The molecule has 26 heavy (non-hydrogen) atoms. The molecule has 0 bridgehead atoms. The molecule has 1 unspecified atom stereocenters. The van der Waals surface area contributed by atoms with E-state index in [0.29, 0.717) is 6.42 Å². The van der Waals surface area contributed by atoms with Crippen LogP contribution < -0.4 is 0 Å². The third kappa shape index (κ3) is 5.32. The Morgan fingerprint density at radius 2 is 1.96 bits per heavy atom. The van der Waals surface area contributed by atoms with Gasteiger partial charge in [0.15, 0.2) is 0 Å². The molecule has 0 spiro atoms. The molecule has 0 radical (unpaired) electrons. The normalized spacial score (nSPS) is 24.0. The van der Waals surface area contributed by atoms with Crippen molar-refractivity contribution in [3.05, 3.63) is 48.0 Å². The number of hydrogen-bond acceptors (Lipinski definition) is 4. The number of nitrogens with zero attached hydrogens (tertiary/aromatic N) is 1. The zero-order valence-corrected chi connectivity index (χ0v) is 16.6. The van der Waals surface area contributed by atoms with Crippen LogP contribution in [0.2, 0.25) is 0 Å². The topological polar surface area (TPSA) is 59.0 Å². The summed E-state index contributed by atoms with van der Waals surface area (Å²) in [6.45, 7) is 11.0. The smallest absolute Gasteiger partial charge is 0.412 e. The second kappa shape index (κ2) is 7.80. The number of carbonyl (C=O) groups excluding carboxylic acids is 1. The highest BCUT2D eigenvalue weighted by Gasteiger charge is 2.50. The van der Waals surface area contributed by atoms with E-state index >= 15 is 0 Å². The number of aliphatic hydroxyl groups excluding tert-OH is 1. The van der Waals surface area contributed by atoms with Crippen molar-refractivity contribution in [3.8, 4) is 0 Å². The van der Waals surface area contributed by atoms with Crippen molar-refractivity contribution in [2.45, 2.75) is 77.5 Å². The van der Waals surface area contributed by atoms with Crippen LogP contribution in [0.5, 0.6) is 0 Å². The van der Waals surface area contributed by atoms with E-state index in [4.69, 9.17) is 9.47 Å². The number of aliphatic hydroxyl groups is 1.